The Kier molecular flexibility index (Phi) is 10.3. The predicted molar refractivity (Wildman–Crippen MR) is 173 cm³/mol. The number of pyridine rings is 1. The number of para-hydroxylation sites is 1. The van der Waals surface area contributed by atoms with Crippen LogP contribution < -0.4 is 18.5 Å². The molecular formula is C29H35BrFN5O6SSi. The molecule has 0 aliphatic heterocycles. The Morgan fingerprint density at radius 1 is 1.00 bits per heavy atom. The predicted octanol–water partition coefficient (Wildman–Crippen LogP) is 5.46. The van der Waals surface area contributed by atoms with E-state index in [1.54, 1.807) is 36.4 Å². The first kappa shape index (κ1) is 33.4. The first-order valence-corrected chi connectivity index (χ1v) is 19.7. The van der Waals surface area contributed by atoms with Crippen molar-refractivity contribution in [3.63, 3.8) is 0 Å². The zero-order valence-electron chi connectivity index (χ0n) is 25.3. The Labute approximate surface area is 265 Å². The average molecular weight is 709 g/mol. The van der Waals surface area contributed by atoms with Crippen LogP contribution in [0.15, 0.2) is 59.1 Å². The first-order valence-electron chi connectivity index (χ1n) is 13.6. The molecule has 11 nitrogen and oxygen atoms in total. The fraction of sp³-hybridized carbons (Fsp3) is 0.345. The maximum Gasteiger partial charge on any atom is 0.246 e. The third-order valence-corrected chi connectivity index (χ3v) is 10.9. The number of aliphatic hydroxyl groups is 1. The normalized spacial score (nSPS) is 12.6. The molecule has 0 aliphatic carbocycles. The Hall–Kier alpha value is -3.53. The van der Waals surface area contributed by atoms with Crippen molar-refractivity contribution in [3.8, 4) is 34.6 Å². The summed E-state index contributed by atoms with van der Waals surface area (Å²) in [6, 6.07) is 14.5. The third-order valence-electron chi connectivity index (χ3n) is 6.75. The summed E-state index contributed by atoms with van der Waals surface area (Å²) in [5, 5.41) is 19.9. The molecule has 2 aromatic carbocycles. The molecule has 1 atom stereocenters. The van der Waals surface area contributed by atoms with Crippen molar-refractivity contribution >= 4 is 40.0 Å². The van der Waals surface area contributed by atoms with Crippen LogP contribution in [0.25, 0.3) is 17.2 Å². The van der Waals surface area contributed by atoms with Gasteiger partial charge in [0.05, 0.1) is 33.2 Å². The molecule has 0 saturated heterocycles. The number of benzene rings is 2. The minimum Gasteiger partial charge on any atom is -0.494 e. The molecule has 0 saturated carbocycles. The van der Waals surface area contributed by atoms with Gasteiger partial charge < -0.3 is 19.3 Å². The lowest BCUT2D eigenvalue weighted by atomic mass is 10.1. The molecule has 236 valence electrons. The van der Waals surface area contributed by atoms with E-state index >= 15 is 0 Å². The third kappa shape index (κ3) is 7.39. The number of ether oxygens (including phenoxy) is 3. The molecule has 2 aromatic heterocycles. The highest BCUT2D eigenvalue weighted by atomic mass is 79.9. The summed E-state index contributed by atoms with van der Waals surface area (Å²) in [5.41, 5.74) is 0.940. The zero-order chi connectivity index (χ0) is 32.2. The molecule has 0 bridgehead atoms. The fourth-order valence-electron chi connectivity index (χ4n) is 4.47. The van der Waals surface area contributed by atoms with E-state index in [2.05, 4.69) is 50.8 Å². The summed E-state index contributed by atoms with van der Waals surface area (Å²) in [5.74, 6) is -0.00900. The number of hydrogen-bond acceptors (Lipinski definition) is 9. The highest BCUT2D eigenvalue weighted by Crippen LogP contribution is 2.39. The molecule has 0 unspecified atom stereocenters. The number of aliphatic hydroxyl groups excluding tert-OH is 1. The van der Waals surface area contributed by atoms with Crippen LogP contribution in [0.2, 0.25) is 25.7 Å². The molecule has 1 N–H and O–H groups in total. The maximum absolute atomic E-state index is 14.3. The van der Waals surface area contributed by atoms with Gasteiger partial charge in [-0.25, -0.2) is 22.1 Å². The van der Waals surface area contributed by atoms with Gasteiger partial charge >= 0.3 is 0 Å². The standard InChI is InChI=1S/C29H35BrFN5O6SSi/c1-40-24-10-8-11-25(41-2)27(24)36-28(22-9-7-12-26(32-22)42-3)33-34-29(36)35(15-16-44(4,5)6)43(38,39)18-23(37)20-14-13-19(31)17-21(20)30/h7-14,17,23,37H,15-16,18H2,1-6H3/t23-/m0/s1. The minimum atomic E-state index is -4.28. The number of halogens is 2. The maximum atomic E-state index is 14.3. The molecule has 2 heterocycles. The quantitative estimate of drug-likeness (QED) is 0.180. The Morgan fingerprint density at radius 2 is 1.66 bits per heavy atom. The summed E-state index contributed by atoms with van der Waals surface area (Å²) in [6.45, 7) is 6.45. The van der Waals surface area contributed by atoms with E-state index in [9.17, 15) is 17.9 Å². The van der Waals surface area contributed by atoms with Gasteiger partial charge in [-0.15, -0.1) is 10.2 Å². The van der Waals surface area contributed by atoms with Crippen molar-refractivity contribution < 1.29 is 32.1 Å². The lowest BCUT2D eigenvalue weighted by Crippen LogP contribution is -2.40. The van der Waals surface area contributed by atoms with Gasteiger partial charge in [0.2, 0.25) is 21.9 Å². The summed E-state index contributed by atoms with van der Waals surface area (Å²) in [7, 11) is -1.62. The van der Waals surface area contributed by atoms with Crippen molar-refractivity contribution in [1.82, 2.24) is 19.7 Å². The van der Waals surface area contributed by atoms with Crippen LogP contribution >= 0.6 is 15.9 Å². The largest absolute Gasteiger partial charge is 0.494 e. The number of rotatable bonds is 13. The number of hydrogen-bond donors (Lipinski definition) is 1. The summed E-state index contributed by atoms with van der Waals surface area (Å²) in [4.78, 5) is 4.52. The molecule has 0 fully saturated rings. The van der Waals surface area contributed by atoms with E-state index in [1.807, 2.05) is 0 Å². The Balaban J connectivity index is 1.96. The van der Waals surface area contributed by atoms with Crippen molar-refractivity contribution in [2.24, 2.45) is 0 Å². The second-order valence-electron chi connectivity index (χ2n) is 11.1. The van der Waals surface area contributed by atoms with Gasteiger partial charge in [-0.1, -0.05) is 53.8 Å². The van der Waals surface area contributed by atoms with Crippen LogP contribution in [-0.4, -0.2) is 75.0 Å². The van der Waals surface area contributed by atoms with E-state index in [-0.39, 0.29) is 28.4 Å². The van der Waals surface area contributed by atoms with E-state index in [0.29, 0.717) is 34.8 Å². The van der Waals surface area contributed by atoms with Crippen LogP contribution in [-0.2, 0) is 10.0 Å². The van der Waals surface area contributed by atoms with Crippen LogP contribution in [0.3, 0.4) is 0 Å². The number of aromatic nitrogens is 4. The molecule has 15 heteroatoms. The van der Waals surface area contributed by atoms with Gasteiger partial charge in [0.1, 0.15) is 28.7 Å². The molecule has 4 aromatic rings. The summed E-state index contributed by atoms with van der Waals surface area (Å²) in [6.07, 6.45) is -1.47. The van der Waals surface area contributed by atoms with Crippen molar-refractivity contribution in [2.75, 3.05) is 37.9 Å². The highest BCUT2D eigenvalue weighted by molar-refractivity contribution is 9.10. The highest BCUT2D eigenvalue weighted by Gasteiger charge is 2.35. The van der Waals surface area contributed by atoms with Crippen LogP contribution in [0.5, 0.6) is 17.4 Å². The van der Waals surface area contributed by atoms with Crippen molar-refractivity contribution in [3.05, 3.63) is 70.5 Å². The van der Waals surface area contributed by atoms with Crippen molar-refractivity contribution in [1.29, 1.82) is 0 Å². The van der Waals surface area contributed by atoms with Gasteiger partial charge in [-0.3, -0.25) is 4.57 Å². The molecule has 0 aliphatic rings. The minimum absolute atomic E-state index is 0.0453. The van der Waals surface area contributed by atoms with Crippen LogP contribution in [0.1, 0.15) is 11.7 Å². The molecular weight excluding hydrogens is 673 g/mol. The summed E-state index contributed by atoms with van der Waals surface area (Å²) < 4.78 is 61.9. The first-order chi connectivity index (χ1) is 20.8. The zero-order valence-corrected chi connectivity index (χ0v) is 28.7. The number of anilines is 1. The molecule has 4 rings (SSSR count). The summed E-state index contributed by atoms with van der Waals surface area (Å²) >= 11 is 3.23. The molecule has 0 spiro atoms. The van der Waals surface area contributed by atoms with Gasteiger partial charge in [0, 0.05) is 25.2 Å². The smallest absolute Gasteiger partial charge is 0.246 e. The second kappa shape index (κ2) is 13.6. The van der Waals surface area contributed by atoms with E-state index in [4.69, 9.17) is 14.2 Å². The Bertz CT molecular complexity index is 1710. The SMILES string of the molecule is COc1cccc(-c2nnc(N(CC[Si](C)(C)C)S(=O)(=O)C[C@H](O)c3ccc(F)cc3Br)n2-c2c(OC)cccc2OC)n1. The van der Waals surface area contributed by atoms with E-state index in [0.717, 1.165) is 10.4 Å². The van der Waals surface area contributed by atoms with E-state index in [1.165, 1.54) is 38.0 Å². The molecule has 0 amide bonds. The monoisotopic (exact) mass is 707 g/mol. The fourth-order valence-corrected chi connectivity index (χ4v) is 7.63. The average Bonchev–Trinajstić information content (AvgIpc) is 3.39. The Morgan fingerprint density at radius 3 is 2.25 bits per heavy atom. The molecule has 44 heavy (non-hydrogen) atoms. The van der Waals surface area contributed by atoms with Crippen LogP contribution in [0.4, 0.5) is 10.3 Å². The van der Waals surface area contributed by atoms with Crippen molar-refractivity contribution in [2.45, 2.75) is 31.8 Å². The number of methoxy groups -OCH3 is 3. The molecule has 0 radical (unpaired) electrons. The van der Waals surface area contributed by atoms with Gasteiger partial charge in [0.15, 0.2) is 5.82 Å². The topological polar surface area (TPSA) is 129 Å². The van der Waals surface area contributed by atoms with Gasteiger partial charge in [-0.2, -0.15) is 0 Å². The second-order valence-corrected chi connectivity index (χ2v) is 19.5. The van der Waals surface area contributed by atoms with E-state index < -0.39 is 35.8 Å². The number of sulfonamides is 1. The van der Waals surface area contributed by atoms with Gasteiger partial charge in [-0.05, 0) is 41.9 Å². The van der Waals surface area contributed by atoms with Gasteiger partial charge in [0.25, 0.3) is 0 Å². The lowest BCUT2D eigenvalue weighted by Gasteiger charge is -2.28. The number of nitrogens with zero attached hydrogens (tertiary/aromatic N) is 5. The lowest BCUT2D eigenvalue weighted by molar-refractivity contribution is 0.200. The van der Waals surface area contributed by atoms with Crippen LogP contribution in [0, 0.1) is 5.82 Å².